The molecule has 1 amide bonds. The molecule has 0 spiro atoms. The van der Waals surface area contributed by atoms with Crippen LogP contribution in [0.5, 0.6) is 0 Å². The summed E-state index contributed by atoms with van der Waals surface area (Å²) >= 11 is 0. The van der Waals surface area contributed by atoms with Crippen LogP contribution in [0.15, 0.2) is 122 Å². The molecule has 428 valence electrons. The van der Waals surface area contributed by atoms with Crippen LogP contribution in [0.2, 0.25) is 0 Å². The third-order valence-electron chi connectivity index (χ3n) is 12.5. The second-order valence-electron chi connectivity index (χ2n) is 20.9. The SMILES string of the molecule is CC\C=C/C=C/C=C/C=C\C=C\C=C\CCCCCC(=O)OC(/C=C/CCCCCCCCCCCCC)C(COP(=O)([O-])OCC[N+](C)(C)C)NC(=O)CCCCCCCC/C=C\C/C=C\C/C=C\CCCCC. The van der Waals surface area contributed by atoms with E-state index in [1.54, 1.807) is 0 Å². The zero-order valence-corrected chi connectivity index (χ0v) is 49.6. The van der Waals surface area contributed by atoms with Gasteiger partial charge in [0, 0.05) is 12.8 Å². The summed E-state index contributed by atoms with van der Waals surface area (Å²) in [7, 11) is 1.13. The van der Waals surface area contributed by atoms with E-state index in [1.807, 2.05) is 94.1 Å². The molecular weight excluding hydrogens is 952 g/mol. The van der Waals surface area contributed by atoms with Crippen molar-refractivity contribution in [3.8, 4) is 0 Å². The number of phosphoric ester groups is 1. The molecule has 9 nitrogen and oxygen atoms in total. The number of amides is 1. The molecule has 0 aliphatic carbocycles. The molecule has 0 radical (unpaired) electrons. The average molecular weight is 1060 g/mol. The zero-order chi connectivity index (χ0) is 55.0. The largest absolute Gasteiger partial charge is 0.756 e. The second kappa shape index (κ2) is 53.8. The fourth-order valence-corrected chi connectivity index (χ4v) is 8.63. The number of carbonyl (C=O) groups is 2. The number of hydrogen-bond acceptors (Lipinski definition) is 7. The molecule has 0 aliphatic heterocycles. The van der Waals surface area contributed by atoms with Gasteiger partial charge in [0.2, 0.25) is 5.91 Å². The van der Waals surface area contributed by atoms with Gasteiger partial charge in [0.05, 0.1) is 33.8 Å². The molecule has 0 aromatic heterocycles. The van der Waals surface area contributed by atoms with Crippen molar-refractivity contribution < 1.29 is 37.3 Å². The number of nitrogens with zero attached hydrogens (tertiary/aromatic N) is 1. The zero-order valence-electron chi connectivity index (χ0n) is 48.7. The molecule has 75 heavy (non-hydrogen) atoms. The number of esters is 1. The lowest BCUT2D eigenvalue weighted by atomic mass is 10.0. The van der Waals surface area contributed by atoms with Gasteiger partial charge in [-0.2, -0.15) is 0 Å². The number of carbonyl (C=O) groups excluding carboxylic acids is 2. The number of nitrogens with one attached hydrogen (secondary N) is 1. The van der Waals surface area contributed by atoms with Gasteiger partial charge in [0.25, 0.3) is 7.82 Å². The van der Waals surface area contributed by atoms with Gasteiger partial charge in [-0.1, -0.05) is 245 Å². The molecule has 0 saturated heterocycles. The van der Waals surface area contributed by atoms with Gasteiger partial charge in [-0.05, 0) is 89.5 Å². The third-order valence-corrected chi connectivity index (χ3v) is 13.5. The highest BCUT2D eigenvalue weighted by atomic mass is 31.2. The predicted octanol–water partition coefficient (Wildman–Crippen LogP) is 17.7. The van der Waals surface area contributed by atoms with Crippen molar-refractivity contribution in [1.29, 1.82) is 0 Å². The minimum Gasteiger partial charge on any atom is -0.756 e. The molecule has 10 heteroatoms. The summed E-state index contributed by atoms with van der Waals surface area (Å²) < 4.78 is 30.2. The van der Waals surface area contributed by atoms with Crippen LogP contribution in [-0.4, -0.2) is 69.4 Å². The Hall–Kier alpha value is -3.59. The lowest BCUT2D eigenvalue weighted by Crippen LogP contribution is -2.47. The molecule has 3 unspecified atom stereocenters. The van der Waals surface area contributed by atoms with Gasteiger partial charge >= 0.3 is 5.97 Å². The Labute approximate surface area is 461 Å². The van der Waals surface area contributed by atoms with Crippen molar-refractivity contribution in [3.63, 3.8) is 0 Å². The van der Waals surface area contributed by atoms with Gasteiger partial charge in [-0.15, -0.1) is 0 Å². The van der Waals surface area contributed by atoms with Crippen molar-refractivity contribution in [2.24, 2.45) is 0 Å². The normalized spacial score (nSPS) is 14.6. The molecule has 0 aromatic carbocycles. The summed E-state index contributed by atoms with van der Waals surface area (Å²) in [6.07, 6.45) is 74.4. The molecule has 0 heterocycles. The van der Waals surface area contributed by atoms with E-state index >= 15 is 0 Å². The third kappa shape index (κ3) is 55.0. The van der Waals surface area contributed by atoms with Crippen LogP contribution < -0.4 is 10.2 Å². The van der Waals surface area contributed by atoms with Crippen molar-refractivity contribution in [3.05, 3.63) is 122 Å². The standard InChI is InChI=1S/C65H111N2O7P/c1-7-10-13-16-19-22-25-28-30-32-33-35-36-39-42-45-48-51-54-57-64(68)66-62(61-73-75(70,71)72-60-59-67(4,5)6)63(56-53-50-47-44-41-38-27-24-21-18-15-12-9-3)74-65(69)58-55-52-49-46-43-40-37-34-31-29-26-23-20-17-14-11-8-2/h11,14,17,19-20,22-23,26,28-31,33-35,37,40,43,53,56,62-63H,7-10,12-13,15-16,18,21,24-25,27,32,36,38-39,41-42,44-52,54-55,57-61H2,1-6H3,(H-,66,68,70,71)/b14-11-,20-17+,22-19-,26-23+,30-28-,31-29-,35-33-,37-34+,43-40+,56-53+. The topological polar surface area (TPSA) is 114 Å². The average Bonchev–Trinajstić information content (AvgIpc) is 3.37. The Morgan fingerprint density at radius 3 is 1.44 bits per heavy atom. The van der Waals surface area contributed by atoms with Crippen LogP contribution in [0.25, 0.3) is 0 Å². The number of quaternary nitrogens is 1. The van der Waals surface area contributed by atoms with Crippen LogP contribution >= 0.6 is 7.82 Å². The van der Waals surface area contributed by atoms with Crippen LogP contribution in [0.1, 0.15) is 226 Å². The molecule has 3 atom stereocenters. The predicted molar refractivity (Wildman–Crippen MR) is 320 cm³/mol. The van der Waals surface area contributed by atoms with Crippen LogP contribution in [0.3, 0.4) is 0 Å². The Kier molecular flexibility index (Phi) is 51.2. The first-order valence-electron chi connectivity index (χ1n) is 29.9. The van der Waals surface area contributed by atoms with Gasteiger partial charge in [0.15, 0.2) is 0 Å². The smallest absolute Gasteiger partial charge is 0.306 e. The Bertz CT molecular complexity index is 1700. The van der Waals surface area contributed by atoms with Gasteiger partial charge in [-0.3, -0.25) is 14.2 Å². The highest BCUT2D eigenvalue weighted by molar-refractivity contribution is 7.45. The first kappa shape index (κ1) is 71.4. The summed E-state index contributed by atoms with van der Waals surface area (Å²) in [5.41, 5.74) is 0. The summed E-state index contributed by atoms with van der Waals surface area (Å²) in [4.78, 5) is 39.9. The Morgan fingerprint density at radius 2 is 0.907 bits per heavy atom. The highest BCUT2D eigenvalue weighted by Gasteiger charge is 2.27. The van der Waals surface area contributed by atoms with Crippen molar-refractivity contribution in [1.82, 2.24) is 5.32 Å². The lowest BCUT2D eigenvalue weighted by Gasteiger charge is -2.30. The number of likely N-dealkylation sites (N-methyl/N-ethyl adjacent to an activating group) is 1. The van der Waals surface area contributed by atoms with E-state index in [9.17, 15) is 19.0 Å². The highest BCUT2D eigenvalue weighted by Crippen LogP contribution is 2.38. The maximum Gasteiger partial charge on any atom is 0.306 e. The van der Waals surface area contributed by atoms with E-state index in [0.717, 1.165) is 96.3 Å². The maximum absolute atomic E-state index is 13.5. The molecule has 0 rings (SSSR count). The van der Waals surface area contributed by atoms with Crippen molar-refractivity contribution in [2.45, 2.75) is 238 Å². The molecular formula is C65H111N2O7P. The van der Waals surface area contributed by atoms with Crippen LogP contribution in [0.4, 0.5) is 0 Å². The Morgan fingerprint density at radius 1 is 0.493 bits per heavy atom. The van der Waals surface area contributed by atoms with Crippen molar-refractivity contribution in [2.75, 3.05) is 40.9 Å². The monoisotopic (exact) mass is 1060 g/mol. The van der Waals surface area contributed by atoms with E-state index in [4.69, 9.17) is 13.8 Å². The fraction of sp³-hybridized carbons (Fsp3) is 0.662. The molecule has 1 N–H and O–H groups in total. The second-order valence-corrected chi connectivity index (χ2v) is 22.3. The van der Waals surface area contributed by atoms with E-state index in [0.29, 0.717) is 23.9 Å². The van der Waals surface area contributed by atoms with Gasteiger partial charge in [-0.25, -0.2) is 0 Å². The number of rotatable bonds is 52. The number of unbranched alkanes of at least 4 members (excludes halogenated alkanes) is 23. The first-order valence-corrected chi connectivity index (χ1v) is 31.4. The molecule has 0 aromatic rings. The maximum atomic E-state index is 13.5. The summed E-state index contributed by atoms with van der Waals surface area (Å²) in [6.45, 7) is 6.61. The minimum atomic E-state index is -4.72. The fourth-order valence-electron chi connectivity index (χ4n) is 7.91. The summed E-state index contributed by atoms with van der Waals surface area (Å²) in [5, 5.41) is 3.00. The first-order chi connectivity index (χ1) is 36.4. The Balaban J connectivity index is 5.45. The van der Waals surface area contributed by atoms with Crippen molar-refractivity contribution >= 4 is 19.7 Å². The number of hydrogen-bond donors (Lipinski definition) is 1. The summed E-state index contributed by atoms with van der Waals surface area (Å²) in [6, 6.07) is -0.922. The number of phosphoric acid groups is 1. The molecule has 0 aliphatic rings. The molecule has 0 bridgehead atoms. The van der Waals surface area contributed by atoms with Crippen LogP contribution in [-0.2, 0) is 27.9 Å². The van der Waals surface area contributed by atoms with Gasteiger partial charge < -0.3 is 28.5 Å². The summed E-state index contributed by atoms with van der Waals surface area (Å²) in [5.74, 6) is -0.615. The van der Waals surface area contributed by atoms with Gasteiger partial charge in [0.1, 0.15) is 19.3 Å². The minimum absolute atomic E-state index is 0.0396. The van der Waals surface area contributed by atoms with E-state index in [2.05, 4.69) is 74.7 Å². The van der Waals surface area contributed by atoms with E-state index < -0.39 is 26.6 Å². The molecule has 0 saturated carbocycles. The lowest BCUT2D eigenvalue weighted by molar-refractivity contribution is -0.870. The van der Waals surface area contributed by atoms with E-state index in [-0.39, 0.29) is 31.3 Å². The van der Waals surface area contributed by atoms with E-state index in [1.165, 1.54) is 83.5 Å². The quantitative estimate of drug-likeness (QED) is 0.0161. The molecule has 0 fully saturated rings. The number of allylic oxidation sites excluding steroid dienone is 19. The number of ether oxygens (including phenoxy) is 1. The van der Waals surface area contributed by atoms with Crippen LogP contribution in [0, 0.1) is 0 Å².